The van der Waals surface area contributed by atoms with Crippen molar-refractivity contribution in [2.75, 3.05) is 6.61 Å². The van der Waals surface area contributed by atoms with E-state index in [1.807, 2.05) is 0 Å². The molecule has 0 aliphatic heterocycles. The molecule has 17 heavy (non-hydrogen) atoms. The van der Waals surface area contributed by atoms with Gasteiger partial charge in [-0.15, -0.1) is 0 Å². The van der Waals surface area contributed by atoms with E-state index >= 15 is 0 Å². The quantitative estimate of drug-likeness (QED) is 0.877. The Balaban J connectivity index is 2.12. The molecule has 0 amide bonds. The van der Waals surface area contributed by atoms with E-state index in [-0.39, 0.29) is 0 Å². The number of hydrogen-bond acceptors (Lipinski definition) is 2. The van der Waals surface area contributed by atoms with Crippen LogP contribution >= 0.6 is 11.6 Å². The summed E-state index contributed by atoms with van der Waals surface area (Å²) >= 11 is 6.01. The molecule has 1 aliphatic carbocycles. The molecule has 1 unspecified atom stereocenters. The maximum atomic E-state index is 10.9. The molecule has 1 saturated carbocycles. The normalized spacial score (nSPS) is 16.6. The maximum Gasteiger partial charge on any atom is 0.310 e. The zero-order valence-corrected chi connectivity index (χ0v) is 10.4. The van der Waals surface area contributed by atoms with Gasteiger partial charge in [0.15, 0.2) is 0 Å². The van der Waals surface area contributed by atoms with Crippen molar-refractivity contribution in [2.24, 2.45) is 5.92 Å². The van der Waals surface area contributed by atoms with Crippen LogP contribution in [0.25, 0.3) is 0 Å². The second-order valence-electron chi connectivity index (χ2n) is 4.50. The zero-order chi connectivity index (χ0) is 12.4. The lowest BCUT2D eigenvalue weighted by atomic mass is 10.0. The van der Waals surface area contributed by atoms with E-state index < -0.39 is 11.9 Å². The van der Waals surface area contributed by atoms with Crippen molar-refractivity contribution < 1.29 is 14.6 Å². The Morgan fingerprint density at radius 2 is 2.29 bits per heavy atom. The van der Waals surface area contributed by atoms with Gasteiger partial charge >= 0.3 is 5.97 Å². The number of carboxylic acid groups (broad SMARTS) is 1. The van der Waals surface area contributed by atoms with E-state index in [2.05, 4.69) is 0 Å². The zero-order valence-electron chi connectivity index (χ0n) is 9.65. The van der Waals surface area contributed by atoms with Gasteiger partial charge in [-0.25, -0.2) is 0 Å². The number of carbonyl (C=O) groups is 1. The molecule has 4 heteroatoms. The average molecular weight is 255 g/mol. The molecular weight excluding hydrogens is 240 g/mol. The van der Waals surface area contributed by atoms with Crippen molar-refractivity contribution in [3.63, 3.8) is 0 Å². The monoisotopic (exact) mass is 254 g/mol. The summed E-state index contributed by atoms with van der Waals surface area (Å²) in [5, 5.41) is 9.48. The minimum atomic E-state index is -0.847. The van der Waals surface area contributed by atoms with E-state index in [1.165, 1.54) is 12.8 Å². The van der Waals surface area contributed by atoms with Crippen molar-refractivity contribution >= 4 is 17.6 Å². The third-order valence-corrected chi connectivity index (χ3v) is 3.31. The number of aliphatic carboxylic acids is 1. The molecule has 0 radical (unpaired) electrons. The summed E-state index contributed by atoms with van der Waals surface area (Å²) in [6, 6.07) is 5.15. The van der Waals surface area contributed by atoms with Gasteiger partial charge in [-0.2, -0.15) is 0 Å². The van der Waals surface area contributed by atoms with Crippen LogP contribution in [0.15, 0.2) is 18.2 Å². The van der Waals surface area contributed by atoms with Crippen LogP contribution in [0.4, 0.5) is 0 Å². The van der Waals surface area contributed by atoms with Gasteiger partial charge in [0, 0.05) is 0 Å². The van der Waals surface area contributed by atoms with Crippen LogP contribution in [0.2, 0.25) is 5.02 Å². The van der Waals surface area contributed by atoms with E-state index in [1.54, 1.807) is 25.1 Å². The van der Waals surface area contributed by atoms with Crippen LogP contribution in [0, 0.1) is 5.92 Å². The fraction of sp³-hybridized carbons (Fsp3) is 0.462. The van der Waals surface area contributed by atoms with Crippen molar-refractivity contribution in [1.29, 1.82) is 0 Å². The number of ether oxygens (including phenoxy) is 1. The van der Waals surface area contributed by atoms with Gasteiger partial charge in [-0.05, 0) is 43.4 Å². The van der Waals surface area contributed by atoms with Crippen molar-refractivity contribution in [2.45, 2.75) is 25.7 Å². The molecule has 1 aliphatic rings. The second kappa shape index (κ2) is 4.96. The molecule has 92 valence electrons. The smallest absolute Gasteiger partial charge is 0.310 e. The molecule has 1 N–H and O–H groups in total. The van der Waals surface area contributed by atoms with E-state index in [9.17, 15) is 4.79 Å². The predicted molar refractivity (Wildman–Crippen MR) is 65.7 cm³/mol. The van der Waals surface area contributed by atoms with Gasteiger partial charge in [0.2, 0.25) is 0 Å². The lowest BCUT2D eigenvalue weighted by Gasteiger charge is -2.11. The van der Waals surface area contributed by atoms with Crippen molar-refractivity contribution in [1.82, 2.24) is 0 Å². The number of carboxylic acids is 1. The lowest BCUT2D eigenvalue weighted by Crippen LogP contribution is -2.08. The summed E-state index contributed by atoms with van der Waals surface area (Å²) in [7, 11) is 0. The Morgan fingerprint density at radius 1 is 1.59 bits per heavy atom. The van der Waals surface area contributed by atoms with Gasteiger partial charge in [0.1, 0.15) is 5.75 Å². The molecule has 0 saturated heterocycles. The number of rotatable bonds is 5. The molecule has 3 nitrogen and oxygen atoms in total. The summed E-state index contributed by atoms with van der Waals surface area (Å²) in [6.45, 7) is 2.32. The molecule has 1 aromatic carbocycles. The summed E-state index contributed by atoms with van der Waals surface area (Å²) in [5.41, 5.74) is 0.715. The molecule has 1 atom stereocenters. The largest absolute Gasteiger partial charge is 0.492 e. The Hall–Kier alpha value is -1.22. The first-order chi connectivity index (χ1) is 8.08. The summed E-state index contributed by atoms with van der Waals surface area (Å²) < 4.78 is 5.61. The lowest BCUT2D eigenvalue weighted by molar-refractivity contribution is -0.138. The third-order valence-electron chi connectivity index (χ3n) is 3.00. The number of halogens is 1. The third kappa shape index (κ3) is 3.13. The van der Waals surface area contributed by atoms with Gasteiger partial charge < -0.3 is 9.84 Å². The molecular formula is C13H15ClO3. The Labute approximate surface area is 105 Å². The average Bonchev–Trinajstić information content (AvgIpc) is 3.11. The Bertz CT molecular complexity index is 427. The van der Waals surface area contributed by atoms with E-state index in [0.29, 0.717) is 28.9 Å². The van der Waals surface area contributed by atoms with Gasteiger partial charge in [-0.1, -0.05) is 17.7 Å². The van der Waals surface area contributed by atoms with Crippen LogP contribution in [0.3, 0.4) is 0 Å². The van der Waals surface area contributed by atoms with E-state index in [4.69, 9.17) is 21.4 Å². The fourth-order valence-corrected chi connectivity index (χ4v) is 1.71. The minimum absolute atomic E-state index is 0.534. The fourth-order valence-electron chi connectivity index (χ4n) is 1.53. The molecule has 0 bridgehead atoms. The van der Waals surface area contributed by atoms with Gasteiger partial charge in [0.25, 0.3) is 0 Å². The number of benzene rings is 1. The van der Waals surface area contributed by atoms with Crippen molar-refractivity contribution in [3.05, 3.63) is 28.8 Å². The molecule has 2 rings (SSSR count). The SMILES string of the molecule is CC(C(=O)O)c1ccc(Cl)c(OCC2CC2)c1. The molecule has 1 fully saturated rings. The topological polar surface area (TPSA) is 46.5 Å². The highest BCUT2D eigenvalue weighted by molar-refractivity contribution is 6.32. The molecule has 0 spiro atoms. The highest BCUT2D eigenvalue weighted by Gasteiger charge is 2.23. The van der Waals surface area contributed by atoms with Crippen LogP contribution in [0.5, 0.6) is 5.75 Å². The summed E-state index contributed by atoms with van der Waals surface area (Å²) in [4.78, 5) is 10.9. The second-order valence-corrected chi connectivity index (χ2v) is 4.91. The van der Waals surface area contributed by atoms with Gasteiger partial charge in [-0.3, -0.25) is 4.79 Å². The first-order valence-corrected chi connectivity index (χ1v) is 6.10. The summed E-state index contributed by atoms with van der Waals surface area (Å²) in [6.07, 6.45) is 2.42. The highest BCUT2D eigenvalue weighted by atomic mass is 35.5. The van der Waals surface area contributed by atoms with Crippen LogP contribution in [-0.4, -0.2) is 17.7 Å². The van der Waals surface area contributed by atoms with E-state index in [0.717, 1.165) is 0 Å². The molecule has 0 heterocycles. The van der Waals surface area contributed by atoms with Crippen molar-refractivity contribution in [3.8, 4) is 5.75 Å². The molecule has 0 aromatic heterocycles. The van der Waals surface area contributed by atoms with Crippen LogP contribution in [0.1, 0.15) is 31.2 Å². The van der Waals surface area contributed by atoms with Crippen LogP contribution < -0.4 is 4.74 Å². The first kappa shape index (κ1) is 12.2. The minimum Gasteiger partial charge on any atom is -0.492 e. The number of hydrogen-bond donors (Lipinski definition) is 1. The molecule has 1 aromatic rings. The Morgan fingerprint density at radius 3 is 2.88 bits per heavy atom. The van der Waals surface area contributed by atoms with Crippen LogP contribution in [-0.2, 0) is 4.79 Å². The predicted octanol–water partition coefficient (Wildman–Crippen LogP) is 3.32. The first-order valence-electron chi connectivity index (χ1n) is 5.73. The summed E-state index contributed by atoms with van der Waals surface area (Å²) in [5.74, 6) is -0.160. The Kier molecular flexibility index (Phi) is 3.57. The van der Waals surface area contributed by atoms with Gasteiger partial charge in [0.05, 0.1) is 17.5 Å². The highest BCUT2D eigenvalue weighted by Crippen LogP contribution is 2.33. The maximum absolute atomic E-state index is 10.9. The standard InChI is InChI=1S/C13H15ClO3/c1-8(13(15)16)10-4-5-11(14)12(6-10)17-7-9-2-3-9/h4-6,8-9H,2-3,7H2,1H3,(H,15,16).